The first-order valence-electron chi connectivity index (χ1n) is 5.01. The summed E-state index contributed by atoms with van der Waals surface area (Å²) in [6, 6.07) is 0.564. The highest BCUT2D eigenvalue weighted by atomic mass is 32.1. The van der Waals surface area contributed by atoms with Crippen LogP contribution in [0, 0.1) is 30.2 Å². The lowest BCUT2D eigenvalue weighted by molar-refractivity contribution is 0.410. The topological polar surface area (TPSA) is 43.1 Å². The molecule has 0 fully saturated rings. The van der Waals surface area contributed by atoms with Gasteiger partial charge in [0.05, 0.1) is 5.56 Å². The third kappa shape index (κ3) is 1.69. The molecule has 3 rings (SSSR count). The van der Waals surface area contributed by atoms with Gasteiger partial charge in [0, 0.05) is 0 Å². The zero-order valence-corrected chi connectivity index (χ0v) is 10.1. The maximum Gasteiger partial charge on any atom is 0.234 e. The van der Waals surface area contributed by atoms with Gasteiger partial charge < -0.3 is 0 Å². The van der Waals surface area contributed by atoms with Crippen molar-refractivity contribution in [1.29, 1.82) is 0 Å². The van der Waals surface area contributed by atoms with Crippen LogP contribution in [0.15, 0.2) is 6.07 Å². The fourth-order valence-corrected chi connectivity index (χ4v) is 2.45. The maximum atomic E-state index is 13.6. The number of aryl methyl sites for hydroxylation is 1. The number of rotatable bonds is 1. The highest BCUT2D eigenvalue weighted by Crippen LogP contribution is 2.30. The van der Waals surface area contributed by atoms with Crippen LogP contribution in [0.4, 0.5) is 17.6 Å². The Hall–Kier alpha value is -2.03. The van der Waals surface area contributed by atoms with Crippen molar-refractivity contribution >= 4 is 16.3 Å². The SMILES string of the molecule is Cc1nnc2sc(-c3cc(F)c(F)c(F)c3F)nn12. The number of aromatic nitrogens is 4. The molecule has 0 atom stereocenters. The van der Waals surface area contributed by atoms with E-state index in [9.17, 15) is 17.6 Å². The molecule has 2 aromatic heterocycles. The van der Waals surface area contributed by atoms with E-state index in [2.05, 4.69) is 15.3 Å². The quantitative estimate of drug-likeness (QED) is 0.393. The van der Waals surface area contributed by atoms with Crippen LogP contribution in [-0.2, 0) is 0 Å². The lowest BCUT2D eigenvalue weighted by atomic mass is 10.2. The van der Waals surface area contributed by atoms with Gasteiger partial charge in [-0.1, -0.05) is 11.3 Å². The fourth-order valence-electron chi connectivity index (χ4n) is 1.55. The third-order valence-electron chi connectivity index (χ3n) is 2.48. The van der Waals surface area contributed by atoms with Crippen LogP contribution in [0.25, 0.3) is 15.5 Å². The Bertz CT molecular complexity index is 795. The van der Waals surface area contributed by atoms with Gasteiger partial charge >= 0.3 is 0 Å². The van der Waals surface area contributed by atoms with Gasteiger partial charge in [0.15, 0.2) is 34.1 Å². The maximum absolute atomic E-state index is 13.6. The van der Waals surface area contributed by atoms with Crippen molar-refractivity contribution < 1.29 is 17.6 Å². The standard InChI is InChI=1S/C10H4F4N4S/c1-3-15-16-10-18(3)17-9(19-10)4-2-5(11)7(13)8(14)6(4)12/h2H,1H3. The number of halogens is 4. The zero-order chi connectivity index (χ0) is 13.7. The fraction of sp³-hybridized carbons (Fsp3) is 0.100. The monoisotopic (exact) mass is 288 g/mol. The molecule has 0 aliphatic carbocycles. The first kappa shape index (κ1) is 12.0. The Kier molecular flexibility index (Phi) is 2.52. The second-order valence-electron chi connectivity index (χ2n) is 3.70. The second-order valence-corrected chi connectivity index (χ2v) is 4.65. The van der Waals surface area contributed by atoms with Crippen LogP contribution in [0.5, 0.6) is 0 Å². The Morgan fingerprint density at radius 1 is 1.05 bits per heavy atom. The van der Waals surface area contributed by atoms with E-state index in [1.807, 2.05) is 0 Å². The Morgan fingerprint density at radius 3 is 2.47 bits per heavy atom. The van der Waals surface area contributed by atoms with Gasteiger partial charge in [-0.3, -0.25) is 0 Å². The van der Waals surface area contributed by atoms with Crippen LogP contribution in [-0.4, -0.2) is 19.8 Å². The van der Waals surface area contributed by atoms with E-state index in [1.165, 1.54) is 4.52 Å². The first-order valence-corrected chi connectivity index (χ1v) is 5.83. The van der Waals surface area contributed by atoms with E-state index in [0.717, 1.165) is 11.3 Å². The Labute approximate surface area is 107 Å². The predicted molar refractivity (Wildman–Crippen MR) is 58.7 cm³/mol. The number of benzene rings is 1. The number of nitrogens with zero attached hydrogens (tertiary/aromatic N) is 4. The molecule has 0 bridgehead atoms. The predicted octanol–water partition coefficient (Wildman–Crippen LogP) is 2.72. The average Bonchev–Trinajstić information content (AvgIpc) is 2.94. The molecular weight excluding hydrogens is 284 g/mol. The normalized spacial score (nSPS) is 11.4. The lowest BCUT2D eigenvalue weighted by Gasteiger charge is -2.02. The summed E-state index contributed by atoms with van der Waals surface area (Å²) in [5.74, 6) is -6.22. The number of fused-ring (bicyclic) bond motifs is 1. The Morgan fingerprint density at radius 2 is 1.79 bits per heavy atom. The van der Waals surface area contributed by atoms with Crippen LogP contribution < -0.4 is 0 Å². The van der Waals surface area contributed by atoms with E-state index >= 15 is 0 Å². The molecule has 0 aliphatic rings. The van der Waals surface area contributed by atoms with Crippen molar-refractivity contribution in [3.8, 4) is 10.6 Å². The summed E-state index contributed by atoms with van der Waals surface area (Å²) in [6.07, 6.45) is 0. The van der Waals surface area contributed by atoms with Gasteiger partial charge in [-0.15, -0.1) is 10.2 Å². The molecule has 0 N–H and O–H groups in total. The Balaban J connectivity index is 2.26. The van der Waals surface area contributed by atoms with Crippen molar-refractivity contribution in [2.24, 2.45) is 0 Å². The van der Waals surface area contributed by atoms with Crippen LogP contribution in [0.3, 0.4) is 0 Å². The zero-order valence-electron chi connectivity index (χ0n) is 9.29. The highest BCUT2D eigenvalue weighted by molar-refractivity contribution is 7.19. The van der Waals surface area contributed by atoms with Gasteiger partial charge in [0.25, 0.3) is 0 Å². The van der Waals surface area contributed by atoms with Gasteiger partial charge in [-0.25, -0.2) is 17.6 Å². The van der Waals surface area contributed by atoms with Gasteiger partial charge in [-0.05, 0) is 13.0 Å². The minimum atomic E-state index is -1.86. The second kappa shape index (κ2) is 3.98. The van der Waals surface area contributed by atoms with E-state index in [-0.39, 0.29) is 5.01 Å². The summed E-state index contributed by atoms with van der Waals surface area (Å²) in [7, 11) is 0. The number of hydrogen-bond acceptors (Lipinski definition) is 4. The molecule has 0 aliphatic heterocycles. The molecule has 2 heterocycles. The summed E-state index contributed by atoms with van der Waals surface area (Å²) in [5.41, 5.74) is -0.452. The molecule has 0 saturated heterocycles. The van der Waals surface area contributed by atoms with Crippen molar-refractivity contribution in [3.63, 3.8) is 0 Å². The summed E-state index contributed by atoms with van der Waals surface area (Å²) in [5, 5.41) is 11.4. The highest BCUT2D eigenvalue weighted by Gasteiger charge is 2.22. The number of hydrogen-bond donors (Lipinski definition) is 0. The molecule has 0 spiro atoms. The van der Waals surface area contributed by atoms with E-state index < -0.39 is 28.8 Å². The third-order valence-corrected chi connectivity index (χ3v) is 3.41. The van der Waals surface area contributed by atoms with E-state index in [1.54, 1.807) is 6.92 Å². The van der Waals surface area contributed by atoms with E-state index in [4.69, 9.17) is 0 Å². The summed E-state index contributed by atoms with van der Waals surface area (Å²) >= 11 is 0.891. The minimum Gasteiger partial charge on any atom is -0.204 e. The molecular formula is C10H4F4N4S. The average molecular weight is 288 g/mol. The van der Waals surface area contributed by atoms with Crippen LogP contribution in [0.2, 0.25) is 0 Å². The summed E-state index contributed by atoms with van der Waals surface area (Å²) in [4.78, 5) is 0.344. The molecule has 3 aromatic rings. The molecule has 0 unspecified atom stereocenters. The molecule has 0 amide bonds. The van der Waals surface area contributed by atoms with Crippen molar-refractivity contribution in [2.75, 3.05) is 0 Å². The largest absolute Gasteiger partial charge is 0.234 e. The summed E-state index contributed by atoms with van der Waals surface area (Å²) in [6.45, 7) is 1.62. The molecule has 19 heavy (non-hydrogen) atoms. The minimum absolute atomic E-state index is 0.0108. The first-order chi connectivity index (χ1) is 8.99. The molecule has 0 radical (unpaired) electrons. The van der Waals surface area contributed by atoms with Crippen molar-refractivity contribution in [1.82, 2.24) is 19.8 Å². The molecule has 4 nitrogen and oxygen atoms in total. The van der Waals surface area contributed by atoms with Crippen LogP contribution >= 0.6 is 11.3 Å². The van der Waals surface area contributed by atoms with Crippen LogP contribution in [0.1, 0.15) is 5.82 Å². The summed E-state index contributed by atoms with van der Waals surface area (Å²) < 4.78 is 54.0. The molecule has 98 valence electrons. The molecule has 0 saturated carbocycles. The van der Waals surface area contributed by atoms with E-state index in [0.29, 0.717) is 16.9 Å². The molecule has 1 aromatic carbocycles. The molecule has 9 heteroatoms. The van der Waals surface area contributed by atoms with Crippen molar-refractivity contribution in [3.05, 3.63) is 35.2 Å². The van der Waals surface area contributed by atoms with Gasteiger partial charge in [0.2, 0.25) is 4.96 Å². The van der Waals surface area contributed by atoms with Gasteiger partial charge in [0.1, 0.15) is 0 Å². The lowest BCUT2D eigenvalue weighted by Crippen LogP contribution is -1.99. The van der Waals surface area contributed by atoms with Crippen molar-refractivity contribution in [2.45, 2.75) is 6.92 Å². The smallest absolute Gasteiger partial charge is 0.204 e. The van der Waals surface area contributed by atoms with Gasteiger partial charge in [-0.2, -0.15) is 9.61 Å².